The van der Waals surface area contributed by atoms with Gasteiger partial charge in [-0.3, -0.25) is 4.68 Å². The van der Waals surface area contributed by atoms with E-state index in [-0.39, 0.29) is 0 Å². The maximum absolute atomic E-state index is 11.8. The number of fused-ring (bicyclic) bond motifs is 1. The number of ether oxygens (including phenoxy) is 2. The summed E-state index contributed by atoms with van der Waals surface area (Å²) in [6.07, 6.45) is 3.11. The first-order valence-electron chi connectivity index (χ1n) is 9.16. The molecule has 1 aromatic carbocycles. The number of anilines is 1. The van der Waals surface area contributed by atoms with Crippen LogP contribution in [0.1, 0.15) is 31.9 Å². The Hall–Kier alpha value is -3.27. The largest absolute Gasteiger partial charge is 0.496 e. The van der Waals surface area contributed by atoms with Crippen LogP contribution in [0.5, 0.6) is 5.75 Å². The van der Waals surface area contributed by atoms with Crippen LogP contribution in [-0.2, 0) is 17.8 Å². The molecule has 1 amide bonds. The Morgan fingerprint density at radius 3 is 2.76 bits per heavy atom. The molecule has 10 heteroatoms. The highest BCUT2D eigenvalue weighted by Gasteiger charge is 2.17. The van der Waals surface area contributed by atoms with Gasteiger partial charge >= 0.3 is 6.09 Å². The first-order valence-corrected chi connectivity index (χ1v) is 9.16. The molecule has 0 spiro atoms. The average molecular weight is 402 g/mol. The zero-order chi connectivity index (χ0) is 21.0. The van der Waals surface area contributed by atoms with E-state index in [4.69, 9.17) is 14.0 Å². The molecule has 0 fully saturated rings. The Labute approximate surface area is 168 Å². The third-order valence-corrected chi connectivity index (χ3v) is 3.93. The Kier molecular flexibility index (Phi) is 5.92. The SMILES string of the molecule is CNNc1noc2cc(Cn3cc(CNC(=O)OC(C)(C)C)cn3)cc(OC)c12. The number of nitrogens with one attached hydrogen (secondary N) is 3. The van der Waals surface area contributed by atoms with E-state index in [1.807, 2.05) is 39.1 Å². The summed E-state index contributed by atoms with van der Waals surface area (Å²) in [5, 5.41) is 11.8. The summed E-state index contributed by atoms with van der Waals surface area (Å²) in [5.41, 5.74) is 7.62. The van der Waals surface area contributed by atoms with E-state index < -0.39 is 11.7 Å². The van der Waals surface area contributed by atoms with Gasteiger partial charge in [0, 0.05) is 25.4 Å². The van der Waals surface area contributed by atoms with Crippen molar-refractivity contribution in [2.45, 2.75) is 39.5 Å². The lowest BCUT2D eigenvalue weighted by Gasteiger charge is -2.19. The zero-order valence-corrected chi connectivity index (χ0v) is 17.2. The van der Waals surface area contributed by atoms with E-state index in [1.54, 1.807) is 25.0 Å². The monoisotopic (exact) mass is 402 g/mol. The van der Waals surface area contributed by atoms with Crippen LogP contribution in [0.4, 0.5) is 10.6 Å². The van der Waals surface area contributed by atoms with Crippen LogP contribution in [-0.4, -0.2) is 40.8 Å². The van der Waals surface area contributed by atoms with E-state index >= 15 is 0 Å². The molecule has 0 radical (unpaired) electrons. The zero-order valence-electron chi connectivity index (χ0n) is 17.2. The van der Waals surface area contributed by atoms with Gasteiger partial charge in [0.15, 0.2) is 11.4 Å². The number of aromatic nitrogens is 3. The molecule has 0 bridgehead atoms. The van der Waals surface area contributed by atoms with Crippen LogP contribution >= 0.6 is 0 Å². The van der Waals surface area contributed by atoms with Crippen molar-refractivity contribution >= 4 is 22.9 Å². The van der Waals surface area contributed by atoms with E-state index in [9.17, 15) is 4.79 Å². The number of rotatable bonds is 7. The predicted octanol–water partition coefficient (Wildman–Crippen LogP) is 2.65. The van der Waals surface area contributed by atoms with Gasteiger partial charge in [-0.05, 0) is 38.5 Å². The lowest BCUT2D eigenvalue weighted by molar-refractivity contribution is 0.0523. The van der Waals surface area contributed by atoms with Gasteiger partial charge in [0.25, 0.3) is 0 Å². The van der Waals surface area contributed by atoms with Crippen LogP contribution in [0.25, 0.3) is 11.0 Å². The van der Waals surface area contributed by atoms with Crippen LogP contribution < -0.4 is 20.9 Å². The summed E-state index contributed by atoms with van der Waals surface area (Å²) in [4.78, 5) is 11.8. The van der Waals surface area contributed by atoms with Crippen molar-refractivity contribution in [1.82, 2.24) is 25.7 Å². The second kappa shape index (κ2) is 8.39. The van der Waals surface area contributed by atoms with E-state index in [0.29, 0.717) is 30.2 Å². The van der Waals surface area contributed by atoms with Crippen molar-refractivity contribution in [1.29, 1.82) is 0 Å². The minimum Gasteiger partial charge on any atom is -0.496 e. The minimum absolute atomic E-state index is 0.332. The number of nitrogens with zero attached hydrogens (tertiary/aromatic N) is 3. The molecule has 0 saturated carbocycles. The molecular weight excluding hydrogens is 376 g/mol. The molecule has 2 aromatic heterocycles. The maximum Gasteiger partial charge on any atom is 0.407 e. The molecule has 3 rings (SSSR count). The highest BCUT2D eigenvalue weighted by atomic mass is 16.6. The molecule has 0 aliphatic rings. The number of alkyl carbamates (subject to hydrolysis) is 1. The molecular formula is C19H26N6O4. The fraction of sp³-hybridized carbons (Fsp3) is 0.421. The number of hydrogen-bond donors (Lipinski definition) is 3. The molecule has 0 saturated heterocycles. The Morgan fingerprint density at radius 2 is 2.07 bits per heavy atom. The van der Waals surface area contributed by atoms with Crippen molar-refractivity contribution in [3.63, 3.8) is 0 Å². The van der Waals surface area contributed by atoms with E-state index in [0.717, 1.165) is 16.5 Å². The standard InChI is InChI=1S/C19H26N6O4/c1-19(2,3)28-18(26)21-8-13-9-22-25(11-13)10-12-6-14(27-5)16-15(7-12)29-24-17(16)23-20-4/h6-7,9,11,20H,8,10H2,1-5H3,(H,21,26)(H,23,24). The van der Waals surface area contributed by atoms with Gasteiger partial charge in [0.1, 0.15) is 16.7 Å². The summed E-state index contributed by atoms with van der Waals surface area (Å²) in [6, 6.07) is 3.81. The molecule has 2 heterocycles. The van der Waals surface area contributed by atoms with Gasteiger partial charge < -0.3 is 24.7 Å². The first kappa shape index (κ1) is 20.5. The molecule has 3 aromatic rings. The number of hydrogen-bond acceptors (Lipinski definition) is 8. The van der Waals surface area contributed by atoms with Gasteiger partial charge in [0.2, 0.25) is 0 Å². The summed E-state index contributed by atoms with van der Waals surface area (Å²) >= 11 is 0. The van der Waals surface area contributed by atoms with Crippen molar-refractivity contribution in [3.05, 3.63) is 35.7 Å². The van der Waals surface area contributed by atoms with Gasteiger partial charge in [-0.25, -0.2) is 10.2 Å². The molecule has 0 aliphatic heterocycles. The summed E-state index contributed by atoms with van der Waals surface area (Å²) in [5.74, 6) is 1.20. The first-order chi connectivity index (χ1) is 13.8. The maximum atomic E-state index is 11.8. The van der Waals surface area contributed by atoms with Crippen LogP contribution in [0.3, 0.4) is 0 Å². The number of carbonyl (C=O) groups excluding carboxylic acids is 1. The normalized spacial score (nSPS) is 11.5. The van der Waals surface area contributed by atoms with Crippen molar-refractivity contribution in [3.8, 4) is 5.75 Å². The Balaban J connectivity index is 1.69. The quantitative estimate of drug-likeness (QED) is 0.517. The van der Waals surface area contributed by atoms with Gasteiger partial charge in [-0.1, -0.05) is 5.16 Å². The van der Waals surface area contributed by atoms with Crippen LogP contribution in [0, 0.1) is 0 Å². The second-order valence-electron chi connectivity index (χ2n) is 7.48. The van der Waals surface area contributed by atoms with Crippen LogP contribution in [0.2, 0.25) is 0 Å². The third-order valence-electron chi connectivity index (χ3n) is 3.93. The smallest absolute Gasteiger partial charge is 0.407 e. The van der Waals surface area contributed by atoms with Crippen molar-refractivity contribution in [2.24, 2.45) is 0 Å². The van der Waals surface area contributed by atoms with Gasteiger partial charge in [-0.2, -0.15) is 5.10 Å². The van der Waals surface area contributed by atoms with Crippen LogP contribution in [0.15, 0.2) is 29.0 Å². The number of methoxy groups -OCH3 is 1. The highest BCUT2D eigenvalue weighted by Crippen LogP contribution is 2.33. The van der Waals surface area contributed by atoms with Gasteiger partial charge in [-0.15, -0.1) is 0 Å². The molecule has 10 nitrogen and oxygen atoms in total. The van der Waals surface area contributed by atoms with Crippen molar-refractivity contribution < 1.29 is 18.8 Å². The molecule has 0 aliphatic carbocycles. The molecule has 0 unspecified atom stereocenters. The molecule has 29 heavy (non-hydrogen) atoms. The summed E-state index contributed by atoms with van der Waals surface area (Å²) < 4.78 is 17.9. The molecule has 0 atom stereocenters. The number of benzene rings is 1. The molecule has 3 N–H and O–H groups in total. The third kappa shape index (κ3) is 5.17. The number of hydrazine groups is 1. The van der Waals surface area contributed by atoms with Gasteiger partial charge in [0.05, 0.1) is 19.9 Å². The topological polar surface area (TPSA) is 115 Å². The summed E-state index contributed by atoms with van der Waals surface area (Å²) in [7, 11) is 3.34. The Morgan fingerprint density at radius 1 is 1.28 bits per heavy atom. The Bertz CT molecular complexity index is 988. The lowest BCUT2D eigenvalue weighted by Crippen LogP contribution is -2.32. The van der Waals surface area contributed by atoms with Crippen molar-refractivity contribution in [2.75, 3.05) is 19.6 Å². The van der Waals surface area contributed by atoms with E-state index in [1.165, 1.54) is 0 Å². The fourth-order valence-electron chi connectivity index (χ4n) is 2.81. The van der Waals surface area contributed by atoms with E-state index in [2.05, 4.69) is 26.4 Å². The fourth-order valence-corrected chi connectivity index (χ4v) is 2.81. The number of carbonyl (C=O) groups is 1. The summed E-state index contributed by atoms with van der Waals surface area (Å²) in [6.45, 7) is 6.30. The minimum atomic E-state index is -0.532. The lowest BCUT2D eigenvalue weighted by atomic mass is 10.1. The molecule has 156 valence electrons. The number of amides is 1. The second-order valence-corrected chi connectivity index (χ2v) is 7.48. The average Bonchev–Trinajstić information content (AvgIpc) is 3.25. The predicted molar refractivity (Wildman–Crippen MR) is 108 cm³/mol. The highest BCUT2D eigenvalue weighted by molar-refractivity contribution is 5.94.